The third-order valence-electron chi connectivity index (χ3n) is 7.93. The van der Waals surface area contributed by atoms with Gasteiger partial charge in [-0.15, -0.1) is 5.10 Å². The van der Waals surface area contributed by atoms with Crippen molar-refractivity contribution < 1.29 is 9.47 Å². The normalized spacial score (nSPS) is 19.1. The molecule has 2 saturated heterocycles. The van der Waals surface area contributed by atoms with E-state index in [4.69, 9.17) is 9.47 Å². The number of aryl methyl sites for hydroxylation is 2. The van der Waals surface area contributed by atoms with Crippen molar-refractivity contribution in [2.75, 3.05) is 44.8 Å². The Morgan fingerprint density at radius 3 is 2.72 bits per heavy atom. The molecule has 0 radical (unpaired) electrons. The second-order valence-electron chi connectivity index (χ2n) is 10.6. The fourth-order valence-corrected chi connectivity index (χ4v) is 6.04. The molecule has 2 aromatic heterocycles. The molecular weight excluding hydrogens is 494 g/mol. The van der Waals surface area contributed by atoms with E-state index in [0.717, 1.165) is 79.1 Å². The van der Waals surface area contributed by atoms with Gasteiger partial charge in [-0.25, -0.2) is 4.68 Å². The molecule has 1 N–H and O–H groups in total. The van der Waals surface area contributed by atoms with E-state index in [2.05, 4.69) is 55.4 Å². The minimum Gasteiger partial charge on any atom is -0.495 e. The summed E-state index contributed by atoms with van der Waals surface area (Å²) in [5.74, 6) is 1.53. The molecule has 0 spiro atoms. The zero-order chi connectivity index (χ0) is 26.9. The Kier molecular flexibility index (Phi) is 7.05. The summed E-state index contributed by atoms with van der Waals surface area (Å²) in [6.45, 7) is 8.49. The lowest BCUT2D eigenvalue weighted by Crippen LogP contribution is -2.49. The van der Waals surface area contributed by atoms with E-state index in [1.165, 1.54) is 0 Å². The third kappa shape index (κ3) is 5.02. The van der Waals surface area contributed by atoms with Gasteiger partial charge in [0, 0.05) is 38.3 Å². The topological polar surface area (TPSA) is 101 Å². The number of benzene rings is 2. The summed E-state index contributed by atoms with van der Waals surface area (Å²) in [5.41, 5.74) is 4.70. The van der Waals surface area contributed by atoms with Crippen molar-refractivity contribution >= 4 is 16.6 Å². The van der Waals surface area contributed by atoms with Crippen LogP contribution in [-0.2, 0) is 11.3 Å². The maximum atomic E-state index is 13.7. The molecule has 204 valence electrons. The molecule has 0 amide bonds. The van der Waals surface area contributed by atoms with Crippen LogP contribution in [0.5, 0.6) is 5.75 Å². The van der Waals surface area contributed by atoms with Crippen molar-refractivity contribution in [1.82, 2.24) is 30.1 Å². The molecule has 2 atom stereocenters. The molecule has 4 aromatic rings. The highest BCUT2D eigenvalue weighted by molar-refractivity contribution is 5.83. The van der Waals surface area contributed by atoms with E-state index in [9.17, 15) is 4.79 Å². The summed E-state index contributed by atoms with van der Waals surface area (Å²) >= 11 is 0. The number of piperazine rings is 1. The third-order valence-corrected chi connectivity index (χ3v) is 7.93. The number of ether oxygens (including phenoxy) is 2. The number of aromatic amines is 1. The minimum atomic E-state index is -0.393. The predicted molar refractivity (Wildman–Crippen MR) is 149 cm³/mol. The number of fused-ring (bicyclic) bond motifs is 1. The van der Waals surface area contributed by atoms with Gasteiger partial charge in [-0.2, -0.15) is 0 Å². The largest absolute Gasteiger partial charge is 0.495 e. The van der Waals surface area contributed by atoms with Crippen LogP contribution in [0.25, 0.3) is 10.9 Å². The number of tetrazole rings is 1. The fraction of sp³-hybridized carbons (Fsp3) is 0.448. The number of nitrogens with one attached hydrogen (secondary N) is 1. The first-order valence-corrected chi connectivity index (χ1v) is 13.7. The van der Waals surface area contributed by atoms with Crippen molar-refractivity contribution in [2.24, 2.45) is 0 Å². The fourth-order valence-electron chi connectivity index (χ4n) is 6.04. The summed E-state index contributed by atoms with van der Waals surface area (Å²) in [4.78, 5) is 21.5. The molecular formula is C29H35N7O3. The smallest absolute Gasteiger partial charge is 0.253 e. The van der Waals surface area contributed by atoms with E-state index in [1.54, 1.807) is 7.11 Å². The van der Waals surface area contributed by atoms with Crippen molar-refractivity contribution in [3.63, 3.8) is 0 Å². The van der Waals surface area contributed by atoms with Crippen LogP contribution in [0.2, 0.25) is 0 Å². The Labute approximate surface area is 227 Å². The Morgan fingerprint density at radius 1 is 1.13 bits per heavy atom. The van der Waals surface area contributed by atoms with Gasteiger partial charge >= 0.3 is 0 Å². The first kappa shape index (κ1) is 25.5. The number of nitrogens with zero attached hydrogens (tertiary/aromatic N) is 6. The maximum absolute atomic E-state index is 13.7. The maximum Gasteiger partial charge on any atom is 0.253 e. The summed E-state index contributed by atoms with van der Waals surface area (Å²) in [7, 11) is 1.70. The average molecular weight is 530 g/mol. The van der Waals surface area contributed by atoms with Crippen LogP contribution < -0.4 is 15.2 Å². The van der Waals surface area contributed by atoms with E-state index in [0.29, 0.717) is 17.9 Å². The lowest BCUT2D eigenvalue weighted by molar-refractivity contribution is 0.0906. The number of para-hydroxylation sites is 2. The molecule has 39 heavy (non-hydrogen) atoms. The molecule has 0 aliphatic carbocycles. The number of methoxy groups -OCH3 is 1. The van der Waals surface area contributed by atoms with Crippen molar-refractivity contribution in [3.05, 3.63) is 75.3 Å². The van der Waals surface area contributed by atoms with Crippen molar-refractivity contribution in [3.8, 4) is 5.75 Å². The molecule has 10 nitrogen and oxygen atoms in total. The van der Waals surface area contributed by atoms with Gasteiger partial charge in [-0.3, -0.25) is 9.69 Å². The molecule has 0 saturated carbocycles. The molecule has 0 bridgehead atoms. The van der Waals surface area contributed by atoms with Gasteiger partial charge in [0.2, 0.25) is 0 Å². The van der Waals surface area contributed by atoms with E-state index in [-0.39, 0.29) is 11.7 Å². The Bertz CT molecular complexity index is 1520. The van der Waals surface area contributed by atoms with Gasteiger partial charge in [-0.1, -0.05) is 23.8 Å². The molecule has 2 unspecified atom stereocenters. The van der Waals surface area contributed by atoms with Gasteiger partial charge in [0.25, 0.3) is 5.56 Å². The van der Waals surface area contributed by atoms with Gasteiger partial charge in [-0.05, 0) is 72.3 Å². The standard InChI is InChI=1S/C29H35N7O3/c1-19-15-20(2)26-21(16-19)17-23(29(37)30-26)27(28-31-32-33-36(28)18-22-7-6-14-39-22)35-12-10-34(11-13-35)24-8-4-5-9-25(24)38-3/h4-5,8-9,15-17,22,27H,6-7,10-14,18H2,1-3H3,(H,30,37). The predicted octanol–water partition coefficient (Wildman–Crippen LogP) is 3.23. The van der Waals surface area contributed by atoms with Crippen LogP contribution in [0, 0.1) is 13.8 Å². The zero-order valence-corrected chi connectivity index (χ0v) is 22.8. The summed E-state index contributed by atoms with van der Waals surface area (Å²) in [6.07, 6.45) is 2.10. The minimum absolute atomic E-state index is 0.0791. The lowest BCUT2D eigenvalue weighted by atomic mass is 10.00. The Hall–Kier alpha value is -3.76. The average Bonchev–Trinajstić information content (AvgIpc) is 3.63. The number of rotatable bonds is 7. The number of hydrogen-bond acceptors (Lipinski definition) is 8. The summed E-state index contributed by atoms with van der Waals surface area (Å²) in [6, 6.07) is 13.9. The van der Waals surface area contributed by atoms with Gasteiger partial charge in [0.05, 0.1) is 31.0 Å². The molecule has 2 fully saturated rings. The Morgan fingerprint density at radius 2 is 1.95 bits per heavy atom. The summed E-state index contributed by atoms with van der Waals surface area (Å²) in [5, 5.41) is 13.9. The molecule has 2 aromatic carbocycles. The molecule has 2 aliphatic heterocycles. The van der Waals surface area contributed by atoms with Crippen LogP contribution in [0.3, 0.4) is 0 Å². The number of aromatic nitrogens is 5. The first-order chi connectivity index (χ1) is 19.0. The van der Waals surface area contributed by atoms with Crippen LogP contribution in [-0.4, -0.2) is 76.1 Å². The second kappa shape index (κ2) is 10.8. The van der Waals surface area contributed by atoms with Crippen LogP contribution in [0.15, 0.2) is 47.3 Å². The van der Waals surface area contributed by atoms with Crippen molar-refractivity contribution in [1.29, 1.82) is 0 Å². The van der Waals surface area contributed by atoms with E-state index < -0.39 is 6.04 Å². The van der Waals surface area contributed by atoms with Gasteiger partial charge in [0.1, 0.15) is 11.8 Å². The number of hydrogen-bond donors (Lipinski definition) is 1. The quantitative estimate of drug-likeness (QED) is 0.390. The SMILES string of the molecule is COc1ccccc1N1CCN(C(c2cc3cc(C)cc(C)c3[nH]c2=O)c2nnnn2CC2CCCO2)CC1. The second-order valence-corrected chi connectivity index (χ2v) is 10.6. The highest BCUT2D eigenvalue weighted by Crippen LogP contribution is 2.32. The number of anilines is 1. The molecule has 6 rings (SSSR count). The molecule has 2 aliphatic rings. The van der Waals surface area contributed by atoms with Crippen LogP contribution in [0.1, 0.15) is 41.4 Å². The number of pyridine rings is 1. The van der Waals surface area contributed by atoms with Gasteiger partial charge < -0.3 is 19.4 Å². The van der Waals surface area contributed by atoms with Crippen LogP contribution >= 0.6 is 0 Å². The number of H-pyrrole nitrogens is 1. The van der Waals surface area contributed by atoms with Crippen LogP contribution in [0.4, 0.5) is 5.69 Å². The molecule has 10 heteroatoms. The van der Waals surface area contributed by atoms with Gasteiger partial charge in [0.15, 0.2) is 5.82 Å². The van der Waals surface area contributed by atoms with E-state index in [1.807, 2.05) is 35.9 Å². The monoisotopic (exact) mass is 529 g/mol. The van der Waals surface area contributed by atoms with E-state index >= 15 is 0 Å². The summed E-state index contributed by atoms with van der Waals surface area (Å²) < 4.78 is 13.3. The Balaban J connectivity index is 1.38. The lowest BCUT2D eigenvalue weighted by Gasteiger charge is -2.40. The van der Waals surface area contributed by atoms with Crippen molar-refractivity contribution in [2.45, 2.75) is 45.4 Å². The zero-order valence-electron chi connectivity index (χ0n) is 22.8. The highest BCUT2D eigenvalue weighted by Gasteiger charge is 2.34. The highest BCUT2D eigenvalue weighted by atomic mass is 16.5. The molecule has 4 heterocycles. The first-order valence-electron chi connectivity index (χ1n) is 13.7.